The van der Waals surface area contributed by atoms with E-state index in [2.05, 4.69) is 0 Å². The van der Waals surface area contributed by atoms with Gasteiger partial charge >= 0.3 is 6.18 Å². The van der Waals surface area contributed by atoms with E-state index in [4.69, 9.17) is 5.11 Å². The Hall–Kier alpha value is -1.03. The van der Waals surface area contributed by atoms with Gasteiger partial charge in [-0.25, -0.2) is 0 Å². The molecule has 1 aromatic carbocycles. The fourth-order valence-corrected chi connectivity index (χ4v) is 0.953. The highest BCUT2D eigenvalue weighted by atomic mass is 19.4. The van der Waals surface area contributed by atoms with Crippen molar-refractivity contribution in [2.45, 2.75) is 18.7 Å². The zero-order valence-electron chi connectivity index (χ0n) is 6.75. The highest BCUT2D eigenvalue weighted by Crippen LogP contribution is 2.22. The van der Waals surface area contributed by atoms with Crippen LogP contribution in [0.3, 0.4) is 0 Å². The molecule has 0 radical (unpaired) electrons. The van der Waals surface area contributed by atoms with E-state index >= 15 is 0 Å². The molecule has 4 heteroatoms. The van der Waals surface area contributed by atoms with Crippen LogP contribution >= 0.6 is 0 Å². The van der Waals surface area contributed by atoms with Gasteiger partial charge in [-0.3, -0.25) is 0 Å². The summed E-state index contributed by atoms with van der Waals surface area (Å²) in [6.07, 6.45) is -7.19. The lowest BCUT2D eigenvalue weighted by molar-refractivity contribution is -0.203. The molecule has 0 unspecified atom stereocenters. The minimum Gasteiger partial charge on any atom is -0.383 e. The van der Waals surface area contributed by atoms with Crippen LogP contribution in [0.25, 0.3) is 0 Å². The van der Waals surface area contributed by atoms with Gasteiger partial charge in [-0.1, -0.05) is 30.3 Å². The van der Waals surface area contributed by atoms with Crippen molar-refractivity contribution in [1.82, 2.24) is 0 Å². The van der Waals surface area contributed by atoms with Gasteiger partial charge in [-0.2, -0.15) is 13.2 Å². The summed E-state index contributed by atoms with van der Waals surface area (Å²) in [5, 5.41) is 8.71. The average Bonchev–Trinajstić information content (AvgIpc) is 2.04. The SMILES string of the molecule is O[C@@H](Cc1ccccc1)C(F)(F)F. The first-order valence-electron chi connectivity index (χ1n) is 3.79. The smallest absolute Gasteiger partial charge is 0.383 e. The van der Waals surface area contributed by atoms with E-state index in [-0.39, 0.29) is 6.42 Å². The first kappa shape index (κ1) is 10.1. The molecule has 0 saturated heterocycles. The van der Waals surface area contributed by atoms with Crippen molar-refractivity contribution in [1.29, 1.82) is 0 Å². The normalized spacial score (nSPS) is 14.2. The molecular weight excluding hydrogens is 181 g/mol. The molecule has 1 rings (SSSR count). The summed E-state index contributed by atoms with van der Waals surface area (Å²) in [6, 6.07) is 8.09. The molecule has 0 spiro atoms. The summed E-state index contributed by atoms with van der Waals surface area (Å²) < 4.78 is 35.7. The molecule has 1 N–H and O–H groups in total. The molecule has 0 saturated carbocycles. The van der Waals surface area contributed by atoms with Gasteiger partial charge in [0, 0.05) is 6.42 Å². The monoisotopic (exact) mass is 190 g/mol. The maximum absolute atomic E-state index is 11.9. The highest BCUT2D eigenvalue weighted by molar-refractivity contribution is 5.15. The second-order valence-corrected chi connectivity index (χ2v) is 2.75. The Kier molecular flexibility index (Phi) is 2.93. The summed E-state index contributed by atoms with van der Waals surface area (Å²) in [4.78, 5) is 0. The van der Waals surface area contributed by atoms with Gasteiger partial charge in [-0.15, -0.1) is 0 Å². The molecule has 1 atom stereocenters. The lowest BCUT2D eigenvalue weighted by atomic mass is 10.1. The van der Waals surface area contributed by atoms with E-state index < -0.39 is 12.3 Å². The number of aliphatic hydroxyl groups is 1. The minimum absolute atomic E-state index is 0.385. The largest absolute Gasteiger partial charge is 0.414 e. The minimum atomic E-state index is -4.53. The molecule has 0 heterocycles. The van der Waals surface area contributed by atoms with Crippen molar-refractivity contribution < 1.29 is 18.3 Å². The van der Waals surface area contributed by atoms with Gasteiger partial charge in [0.15, 0.2) is 6.10 Å². The van der Waals surface area contributed by atoms with Crippen LogP contribution in [0.15, 0.2) is 30.3 Å². The van der Waals surface area contributed by atoms with E-state index in [1.807, 2.05) is 0 Å². The first-order chi connectivity index (χ1) is 6.00. The van der Waals surface area contributed by atoms with Crippen molar-refractivity contribution in [2.24, 2.45) is 0 Å². The van der Waals surface area contributed by atoms with E-state index in [1.54, 1.807) is 30.3 Å². The molecular formula is C9H9F3O. The second kappa shape index (κ2) is 3.79. The Bertz CT molecular complexity index is 255. The number of benzene rings is 1. The predicted molar refractivity (Wildman–Crippen MR) is 42.2 cm³/mol. The van der Waals surface area contributed by atoms with Crippen molar-refractivity contribution in [3.63, 3.8) is 0 Å². The molecule has 0 aliphatic heterocycles. The Morgan fingerprint density at radius 1 is 1.15 bits per heavy atom. The summed E-state index contributed by atoms with van der Waals surface area (Å²) in [7, 11) is 0. The van der Waals surface area contributed by atoms with Gasteiger partial charge in [0.2, 0.25) is 0 Å². The highest BCUT2D eigenvalue weighted by Gasteiger charge is 2.37. The van der Waals surface area contributed by atoms with Crippen LogP contribution in [0, 0.1) is 0 Å². The van der Waals surface area contributed by atoms with Crippen molar-refractivity contribution in [2.75, 3.05) is 0 Å². The Balaban J connectivity index is 2.61. The number of rotatable bonds is 2. The molecule has 0 aliphatic rings. The summed E-state index contributed by atoms with van der Waals surface area (Å²) in [5.74, 6) is 0. The molecule has 0 aliphatic carbocycles. The van der Waals surface area contributed by atoms with Gasteiger partial charge in [0.1, 0.15) is 0 Å². The first-order valence-corrected chi connectivity index (χ1v) is 3.79. The Morgan fingerprint density at radius 2 is 1.69 bits per heavy atom. The van der Waals surface area contributed by atoms with Crippen LogP contribution < -0.4 is 0 Å². The van der Waals surface area contributed by atoms with Crippen LogP contribution in [0.4, 0.5) is 13.2 Å². The van der Waals surface area contributed by atoms with Crippen LogP contribution in [-0.4, -0.2) is 17.4 Å². The zero-order valence-corrected chi connectivity index (χ0v) is 6.75. The third kappa shape index (κ3) is 3.06. The maximum atomic E-state index is 11.9. The fraction of sp³-hybridized carbons (Fsp3) is 0.333. The summed E-state index contributed by atoms with van der Waals surface area (Å²) in [6.45, 7) is 0. The molecule has 1 aromatic rings. The summed E-state index contributed by atoms with van der Waals surface area (Å²) >= 11 is 0. The standard InChI is InChI=1S/C9H9F3O/c10-9(11,12)8(13)6-7-4-2-1-3-5-7/h1-5,8,13H,6H2/t8-/m0/s1. The van der Waals surface area contributed by atoms with E-state index in [9.17, 15) is 13.2 Å². The fourth-order valence-electron chi connectivity index (χ4n) is 0.953. The third-order valence-electron chi connectivity index (χ3n) is 1.65. The summed E-state index contributed by atoms with van der Waals surface area (Å²) in [5.41, 5.74) is 0.479. The third-order valence-corrected chi connectivity index (χ3v) is 1.65. The number of halogens is 3. The second-order valence-electron chi connectivity index (χ2n) is 2.75. The molecule has 13 heavy (non-hydrogen) atoms. The van der Waals surface area contributed by atoms with Crippen molar-refractivity contribution >= 4 is 0 Å². The Labute approximate surface area is 73.8 Å². The molecule has 72 valence electrons. The molecule has 0 aromatic heterocycles. The van der Waals surface area contributed by atoms with Crippen LogP contribution in [0.1, 0.15) is 5.56 Å². The van der Waals surface area contributed by atoms with Crippen LogP contribution in [0.2, 0.25) is 0 Å². The van der Waals surface area contributed by atoms with Crippen molar-refractivity contribution in [3.8, 4) is 0 Å². The average molecular weight is 190 g/mol. The molecule has 0 bridgehead atoms. The number of hydrogen-bond donors (Lipinski definition) is 1. The lowest BCUT2D eigenvalue weighted by Gasteiger charge is -2.13. The number of aliphatic hydroxyl groups excluding tert-OH is 1. The van der Waals surface area contributed by atoms with Gasteiger partial charge in [0.05, 0.1) is 0 Å². The lowest BCUT2D eigenvalue weighted by Crippen LogP contribution is -2.30. The van der Waals surface area contributed by atoms with Crippen molar-refractivity contribution in [3.05, 3.63) is 35.9 Å². The van der Waals surface area contributed by atoms with Gasteiger partial charge in [-0.05, 0) is 5.56 Å². The zero-order chi connectivity index (χ0) is 9.90. The van der Waals surface area contributed by atoms with Crippen LogP contribution in [0.5, 0.6) is 0 Å². The maximum Gasteiger partial charge on any atom is 0.414 e. The van der Waals surface area contributed by atoms with E-state index in [0.29, 0.717) is 5.56 Å². The van der Waals surface area contributed by atoms with Gasteiger partial charge in [0.25, 0.3) is 0 Å². The molecule has 0 amide bonds. The van der Waals surface area contributed by atoms with Crippen LogP contribution in [-0.2, 0) is 6.42 Å². The number of hydrogen-bond acceptors (Lipinski definition) is 1. The quantitative estimate of drug-likeness (QED) is 0.757. The van der Waals surface area contributed by atoms with E-state index in [0.717, 1.165) is 0 Å². The van der Waals surface area contributed by atoms with E-state index in [1.165, 1.54) is 0 Å². The predicted octanol–water partition coefficient (Wildman–Crippen LogP) is 2.15. The molecule has 1 nitrogen and oxygen atoms in total. The van der Waals surface area contributed by atoms with Gasteiger partial charge < -0.3 is 5.11 Å². The topological polar surface area (TPSA) is 20.2 Å². The molecule has 0 fully saturated rings. The number of alkyl halides is 3. The Morgan fingerprint density at radius 3 is 2.15 bits per heavy atom.